The predicted octanol–water partition coefficient (Wildman–Crippen LogP) is 2.07. The van der Waals surface area contributed by atoms with Crippen molar-refractivity contribution in [1.82, 2.24) is 4.98 Å². The molecule has 0 unspecified atom stereocenters. The first-order chi connectivity index (χ1) is 9.08. The number of non-ortho nitro benzene ring substituents is 1. The van der Waals surface area contributed by atoms with Crippen LogP contribution in [0.25, 0.3) is 10.9 Å². The van der Waals surface area contributed by atoms with Gasteiger partial charge in [-0.2, -0.15) is 0 Å². The molecule has 7 heteroatoms. The van der Waals surface area contributed by atoms with Gasteiger partial charge in [0.15, 0.2) is 6.29 Å². The quantitative estimate of drug-likeness (QED) is 0.393. The number of nitro groups is 1. The van der Waals surface area contributed by atoms with Gasteiger partial charge in [-0.3, -0.25) is 14.9 Å². The summed E-state index contributed by atoms with van der Waals surface area (Å²) in [5.41, 5.74) is 0.394. The summed E-state index contributed by atoms with van der Waals surface area (Å²) in [6.07, 6.45) is 0.481. The lowest BCUT2D eigenvalue weighted by atomic mass is 10.1. The van der Waals surface area contributed by atoms with Crippen molar-refractivity contribution in [1.29, 1.82) is 0 Å². The van der Waals surface area contributed by atoms with Gasteiger partial charge in [-0.1, -0.05) is 0 Å². The number of esters is 1. The Balaban J connectivity index is 2.64. The average molecular weight is 262 g/mol. The van der Waals surface area contributed by atoms with Crippen LogP contribution in [0, 0.1) is 10.1 Å². The molecular formula is C12H10N2O5. The van der Waals surface area contributed by atoms with Gasteiger partial charge in [-0.25, -0.2) is 4.79 Å². The van der Waals surface area contributed by atoms with Crippen molar-refractivity contribution < 1.29 is 19.2 Å². The number of aldehydes is 1. The van der Waals surface area contributed by atoms with Gasteiger partial charge in [-0.05, 0) is 13.0 Å². The Morgan fingerprint density at radius 1 is 1.53 bits per heavy atom. The van der Waals surface area contributed by atoms with Crippen LogP contribution < -0.4 is 0 Å². The normalized spacial score (nSPS) is 10.4. The van der Waals surface area contributed by atoms with E-state index in [4.69, 9.17) is 4.74 Å². The van der Waals surface area contributed by atoms with Crippen LogP contribution in [0.1, 0.15) is 27.8 Å². The number of carbonyl (C=O) groups is 2. The monoisotopic (exact) mass is 262 g/mol. The largest absolute Gasteiger partial charge is 0.461 e. The Kier molecular flexibility index (Phi) is 3.28. The molecule has 0 aliphatic carbocycles. The molecule has 2 rings (SSSR count). The Bertz CT molecular complexity index is 674. The van der Waals surface area contributed by atoms with Gasteiger partial charge in [0.2, 0.25) is 0 Å². The summed E-state index contributed by atoms with van der Waals surface area (Å²) in [5, 5.41) is 11.0. The lowest BCUT2D eigenvalue weighted by molar-refractivity contribution is -0.384. The van der Waals surface area contributed by atoms with Gasteiger partial charge in [0, 0.05) is 23.0 Å². The molecule has 1 N–H and O–H groups in total. The summed E-state index contributed by atoms with van der Waals surface area (Å²) in [5.74, 6) is -0.663. The maximum atomic E-state index is 11.7. The number of hydrogen-bond acceptors (Lipinski definition) is 5. The van der Waals surface area contributed by atoms with E-state index in [9.17, 15) is 19.7 Å². The van der Waals surface area contributed by atoms with Crippen molar-refractivity contribution in [2.24, 2.45) is 0 Å². The van der Waals surface area contributed by atoms with E-state index in [-0.39, 0.29) is 23.6 Å². The lowest BCUT2D eigenvalue weighted by Crippen LogP contribution is -2.07. The second-order valence-electron chi connectivity index (χ2n) is 3.74. The van der Waals surface area contributed by atoms with Gasteiger partial charge in [0.25, 0.3) is 5.69 Å². The first-order valence-electron chi connectivity index (χ1n) is 5.51. The molecule has 1 aromatic heterocycles. The van der Waals surface area contributed by atoms with Gasteiger partial charge < -0.3 is 9.72 Å². The summed E-state index contributed by atoms with van der Waals surface area (Å²) in [4.78, 5) is 35.6. The zero-order chi connectivity index (χ0) is 14.0. The Morgan fingerprint density at radius 2 is 2.26 bits per heavy atom. The number of fused-ring (bicyclic) bond motifs is 1. The molecule has 0 spiro atoms. The highest BCUT2D eigenvalue weighted by atomic mass is 16.6. The fourth-order valence-electron chi connectivity index (χ4n) is 1.80. The molecule has 0 radical (unpaired) electrons. The first-order valence-corrected chi connectivity index (χ1v) is 5.51. The van der Waals surface area contributed by atoms with E-state index in [0.29, 0.717) is 17.2 Å². The summed E-state index contributed by atoms with van der Waals surface area (Å²) < 4.78 is 4.81. The minimum Gasteiger partial charge on any atom is -0.461 e. The molecule has 0 saturated carbocycles. The third kappa shape index (κ3) is 2.17. The molecule has 0 saturated heterocycles. The van der Waals surface area contributed by atoms with Crippen molar-refractivity contribution in [3.63, 3.8) is 0 Å². The number of aromatic amines is 1. The molecular weight excluding hydrogens is 252 g/mol. The second-order valence-corrected chi connectivity index (χ2v) is 3.74. The van der Waals surface area contributed by atoms with Crippen molar-refractivity contribution in [3.8, 4) is 0 Å². The molecule has 0 aliphatic rings. The van der Waals surface area contributed by atoms with Gasteiger partial charge in [0.05, 0.1) is 17.1 Å². The number of H-pyrrole nitrogens is 1. The standard InChI is InChI=1S/C12H10N2O5/c1-2-19-12(16)11-9(6-15)8-5-7(14(17)18)3-4-10(8)13-11/h3-6,13H,2H2,1H3. The molecule has 0 atom stereocenters. The molecule has 0 bridgehead atoms. The van der Waals surface area contributed by atoms with Gasteiger partial charge in [0.1, 0.15) is 5.69 Å². The minimum atomic E-state index is -0.663. The molecule has 7 nitrogen and oxygen atoms in total. The Morgan fingerprint density at radius 3 is 2.84 bits per heavy atom. The number of nitro benzene ring substituents is 1. The van der Waals surface area contributed by atoms with E-state index in [0.717, 1.165) is 0 Å². The maximum Gasteiger partial charge on any atom is 0.355 e. The summed E-state index contributed by atoms with van der Waals surface area (Å²) in [6, 6.07) is 3.99. The lowest BCUT2D eigenvalue weighted by Gasteiger charge is -1.98. The van der Waals surface area contributed by atoms with Gasteiger partial charge in [-0.15, -0.1) is 0 Å². The fourth-order valence-corrected chi connectivity index (χ4v) is 1.80. The second kappa shape index (κ2) is 4.89. The minimum absolute atomic E-state index is 0.00680. The van der Waals surface area contributed by atoms with E-state index in [1.165, 1.54) is 18.2 Å². The number of aromatic nitrogens is 1. The van der Waals surface area contributed by atoms with Crippen LogP contribution in [0.5, 0.6) is 0 Å². The highest BCUT2D eigenvalue weighted by Crippen LogP contribution is 2.25. The van der Waals surface area contributed by atoms with Crippen LogP contribution in [0.4, 0.5) is 5.69 Å². The number of benzene rings is 1. The van der Waals surface area contributed by atoms with Crippen molar-refractivity contribution in [2.45, 2.75) is 6.92 Å². The van der Waals surface area contributed by atoms with Crippen LogP contribution >= 0.6 is 0 Å². The van der Waals surface area contributed by atoms with Crippen LogP contribution in [0.15, 0.2) is 18.2 Å². The molecule has 0 aliphatic heterocycles. The Labute approximate surface area is 107 Å². The third-order valence-corrected chi connectivity index (χ3v) is 2.63. The van der Waals surface area contributed by atoms with Crippen molar-refractivity contribution >= 4 is 28.8 Å². The average Bonchev–Trinajstić information content (AvgIpc) is 2.76. The highest BCUT2D eigenvalue weighted by molar-refractivity contribution is 6.08. The maximum absolute atomic E-state index is 11.7. The molecule has 2 aromatic rings. The van der Waals surface area contributed by atoms with Crippen molar-refractivity contribution in [2.75, 3.05) is 6.61 Å². The molecule has 0 amide bonds. The van der Waals surface area contributed by atoms with Crippen molar-refractivity contribution in [3.05, 3.63) is 39.6 Å². The van der Waals surface area contributed by atoms with E-state index in [1.807, 2.05) is 0 Å². The van der Waals surface area contributed by atoms with Crippen LogP contribution in [-0.2, 0) is 4.74 Å². The van der Waals surface area contributed by atoms with E-state index in [2.05, 4.69) is 4.98 Å². The van der Waals surface area contributed by atoms with Gasteiger partial charge >= 0.3 is 5.97 Å². The molecule has 98 valence electrons. The fraction of sp³-hybridized carbons (Fsp3) is 0.167. The zero-order valence-corrected chi connectivity index (χ0v) is 10.0. The van der Waals surface area contributed by atoms with E-state index < -0.39 is 10.9 Å². The molecule has 0 fully saturated rings. The third-order valence-electron chi connectivity index (χ3n) is 2.63. The zero-order valence-electron chi connectivity index (χ0n) is 10.0. The van der Waals surface area contributed by atoms with E-state index in [1.54, 1.807) is 6.92 Å². The molecule has 19 heavy (non-hydrogen) atoms. The van der Waals surface area contributed by atoms with Crippen LogP contribution in [0.3, 0.4) is 0 Å². The predicted molar refractivity (Wildman–Crippen MR) is 66.3 cm³/mol. The van der Waals surface area contributed by atoms with Crippen LogP contribution in [0.2, 0.25) is 0 Å². The van der Waals surface area contributed by atoms with E-state index >= 15 is 0 Å². The number of nitrogens with zero attached hydrogens (tertiary/aromatic N) is 1. The van der Waals surface area contributed by atoms with Crippen LogP contribution in [-0.4, -0.2) is 28.8 Å². The summed E-state index contributed by atoms with van der Waals surface area (Å²) in [6.45, 7) is 1.82. The number of ether oxygens (including phenoxy) is 1. The number of nitrogens with one attached hydrogen (secondary N) is 1. The molecule has 1 aromatic carbocycles. The number of carbonyl (C=O) groups excluding carboxylic acids is 2. The number of rotatable bonds is 4. The number of hydrogen-bond donors (Lipinski definition) is 1. The summed E-state index contributed by atoms with van der Waals surface area (Å²) in [7, 11) is 0. The Hall–Kier alpha value is -2.70. The highest BCUT2D eigenvalue weighted by Gasteiger charge is 2.20. The smallest absolute Gasteiger partial charge is 0.355 e. The first kappa shape index (κ1) is 12.7. The topological polar surface area (TPSA) is 102 Å². The molecule has 1 heterocycles. The summed E-state index contributed by atoms with van der Waals surface area (Å²) >= 11 is 0. The SMILES string of the molecule is CCOC(=O)c1[nH]c2ccc([N+](=O)[O-])cc2c1C=O.